The maximum Gasteiger partial charge on any atom is 0.329 e. The molecule has 6 heteroatoms. The van der Waals surface area contributed by atoms with Crippen LogP contribution in [0.25, 0.3) is 0 Å². The van der Waals surface area contributed by atoms with Crippen molar-refractivity contribution in [2.45, 2.75) is 32.2 Å². The molecule has 0 fully saturated rings. The minimum absolute atomic E-state index is 0.218. The Morgan fingerprint density at radius 3 is 2.32 bits per heavy atom. The van der Waals surface area contributed by atoms with E-state index in [1.54, 1.807) is 32.3 Å². The van der Waals surface area contributed by atoms with Gasteiger partial charge in [-0.25, -0.2) is 4.79 Å². The monoisotopic (exact) mass is 306 g/mol. The molecule has 0 saturated carbocycles. The number of benzene rings is 1. The maximum atomic E-state index is 12.3. The van der Waals surface area contributed by atoms with Gasteiger partial charge in [0, 0.05) is 25.2 Å². The van der Waals surface area contributed by atoms with Crippen molar-refractivity contribution in [1.29, 1.82) is 0 Å². The molecule has 22 heavy (non-hydrogen) atoms. The third kappa shape index (κ3) is 4.07. The van der Waals surface area contributed by atoms with Gasteiger partial charge in [0.1, 0.15) is 5.54 Å². The highest BCUT2D eigenvalue weighted by atomic mass is 16.4. The highest BCUT2D eigenvalue weighted by Crippen LogP contribution is 2.15. The molecule has 1 atom stereocenters. The largest absolute Gasteiger partial charge is 0.480 e. The van der Waals surface area contributed by atoms with E-state index < -0.39 is 17.4 Å². The smallest absolute Gasteiger partial charge is 0.329 e. The minimum Gasteiger partial charge on any atom is -0.480 e. The Balaban J connectivity index is 3.01. The van der Waals surface area contributed by atoms with Crippen LogP contribution in [-0.4, -0.2) is 47.4 Å². The molecule has 0 saturated heterocycles. The predicted molar refractivity (Wildman–Crippen MR) is 82.9 cm³/mol. The summed E-state index contributed by atoms with van der Waals surface area (Å²) < 4.78 is 0. The molecule has 6 nitrogen and oxygen atoms in total. The molecule has 0 aliphatic carbocycles. The van der Waals surface area contributed by atoms with E-state index >= 15 is 0 Å². The van der Waals surface area contributed by atoms with Crippen molar-refractivity contribution in [2.24, 2.45) is 0 Å². The molecule has 0 aromatic heterocycles. The second kappa shape index (κ2) is 7.06. The molecule has 0 spiro atoms. The van der Waals surface area contributed by atoms with E-state index in [1.807, 2.05) is 6.92 Å². The van der Waals surface area contributed by atoms with Crippen molar-refractivity contribution in [3.05, 3.63) is 35.4 Å². The molecule has 0 aliphatic heterocycles. The van der Waals surface area contributed by atoms with E-state index in [4.69, 9.17) is 0 Å². The van der Waals surface area contributed by atoms with Gasteiger partial charge in [0.2, 0.25) is 0 Å². The number of nitrogens with one attached hydrogen (secondary N) is 1. The molecule has 120 valence electrons. The van der Waals surface area contributed by atoms with Crippen LogP contribution >= 0.6 is 0 Å². The Bertz CT molecular complexity index is 583. The van der Waals surface area contributed by atoms with Crippen LogP contribution in [0.4, 0.5) is 0 Å². The molecule has 0 heterocycles. The Kier molecular flexibility index (Phi) is 5.68. The second-order valence-electron chi connectivity index (χ2n) is 5.62. The molecular formula is C16H22N2O4. The van der Waals surface area contributed by atoms with Gasteiger partial charge in [0.05, 0.1) is 0 Å². The number of amides is 2. The molecule has 0 radical (unpaired) electrons. The molecule has 2 amide bonds. The number of nitrogens with zero attached hydrogens (tertiary/aromatic N) is 1. The number of rotatable bonds is 6. The summed E-state index contributed by atoms with van der Waals surface area (Å²) >= 11 is 0. The Hall–Kier alpha value is -2.37. The van der Waals surface area contributed by atoms with Crippen molar-refractivity contribution in [3.8, 4) is 0 Å². The molecule has 0 aliphatic rings. The van der Waals surface area contributed by atoms with Crippen LogP contribution in [-0.2, 0) is 4.79 Å². The first-order valence-electron chi connectivity index (χ1n) is 7.09. The first-order chi connectivity index (χ1) is 10.2. The van der Waals surface area contributed by atoms with Gasteiger partial charge in [-0.2, -0.15) is 0 Å². The van der Waals surface area contributed by atoms with E-state index in [2.05, 4.69) is 5.32 Å². The lowest BCUT2D eigenvalue weighted by atomic mass is 9.95. The summed E-state index contributed by atoms with van der Waals surface area (Å²) in [5.74, 6) is -1.81. The average molecular weight is 306 g/mol. The fourth-order valence-electron chi connectivity index (χ4n) is 2.10. The van der Waals surface area contributed by atoms with Gasteiger partial charge < -0.3 is 15.3 Å². The number of carbonyl (C=O) groups excluding carboxylic acids is 2. The second-order valence-corrected chi connectivity index (χ2v) is 5.62. The van der Waals surface area contributed by atoms with Crippen LogP contribution in [0.15, 0.2) is 24.3 Å². The normalized spacial score (nSPS) is 13.1. The van der Waals surface area contributed by atoms with Gasteiger partial charge >= 0.3 is 5.97 Å². The summed E-state index contributed by atoms with van der Waals surface area (Å²) in [7, 11) is 3.25. The van der Waals surface area contributed by atoms with Crippen LogP contribution in [0.5, 0.6) is 0 Å². The van der Waals surface area contributed by atoms with E-state index in [0.29, 0.717) is 18.4 Å². The standard InChI is InChI=1S/C16H22N2O4/c1-5-9-16(2,15(21)22)17-13(19)11-7-6-8-12(10-11)14(20)18(3)4/h6-8,10H,5,9H2,1-4H3,(H,17,19)(H,21,22). The lowest BCUT2D eigenvalue weighted by Gasteiger charge is -2.25. The summed E-state index contributed by atoms with van der Waals surface area (Å²) in [6.45, 7) is 3.33. The lowest BCUT2D eigenvalue weighted by molar-refractivity contribution is -0.144. The van der Waals surface area contributed by atoms with Crippen molar-refractivity contribution >= 4 is 17.8 Å². The van der Waals surface area contributed by atoms with Gasteiger partial charge in [-0.3, -0.25) is 9.59 Å². The predicted octanol–water partition coefficient (Wildman–Crippen LogP) is 1.76. The summed E-state index contributed by atoms with van der Waals surface area (Å²) in [5.41, 5.74) is -0.686. The fraction of sp³-hybridized carbons (Fsp3) is 0.438. The molecule has 1 unspecified atom stereocenters. The van der Waals surface area contributed by atoms with Crippen LogP contribution in [0.3, 0.4) is 0 Å². The van der Waals surface area contributed by atoms with E-state index in [9.17, 15) is 19.5 Å². The zero-order valence-corrected chi connectivity index (χ0v) is 13.3. The van der Waals surface area contributed by atoms with Gasteiger partial charge in [-0.05, 0) is 31.5 Å². The van der Waals surface area contributed by atoms with Gasteiger partial charge in [0.15, 0.2) is 0 Å². The van der Waals surface area contributed by atoms with Crippen LogP contribution in [0, 0.1) is 0 Å². The molecule has 1 rings (SSSR count). The first-order valence-corrected chi connectivity index (χ1v) is 7.09. The number of aliphatic carboxylic acids is 1. The highest BCUT2D eigenvalue weighted by molar-refractivity contribution is 6.01. The molecule has 1 aromatic carbocycles. The highest BCUT2D eigenvalue weighted by Gasteiger charge is 2.34. The number of hydrogen-bond donors (Lipinski definition) is 2. The van der Waals surface area contributed by atoms with Crippen molar-refractivity contribution in [3.63, 3.8) is 0 Å². The Labute approximate surface area is 130 Å². The topological polar surface area (TPSA) is 86.7 Å². The van der Waals surface area contributed by atoms with E-state index in [-0.39, 0.29) is 11.5 Å². The van der Waals surface area contributed by atoms with Crippen LogP contribution < -0.4 is 5.32 Å². The fourth-order valence-corrected chi connectivity index (χ4v) is 2.10. The van der Waals surface area contributed by atoms with E-state index in [0.717, 1.165) is 0 Å². The summed E-state index contributed by atoms with van der Waals surface area (Å²) in [5, 5.41) is 11.8. The van der Waals surface area contributed by atoms with Gasteiger partial charge in [-0.15, -0.1) is 0 Å². The first kappa shape index (κ1) is 17.7. The number of hydrogen-bond acceptors (Lipinski definition) is 3. The third-order valence-electron chi connectivity index (χ3n) is 3.39. The molecule has 2 N–H and O–H groups in total. The molecule has 0 bridgehead atoms. The zero-order chi connectivity index (χ0) is 16.9. The van der Waals surface area contributed by atoms with Crippen LogP contribution in [0.2, 0.25) is 0 Å². The quantitative estimate of drug-likeness (QED) is 0.838. The van der Waals surface area contributed by atoms with Gasteiger partial charge in [0.25, 0.3) is 11.8 Å². The minimum atomic E-state index is -1.33. The lowest BCUT2D eigenvalue weighted by Crippen LogP contribution is -2.52. The summed E-state index contributed by atoms with van der Waals surface area (Å²) in [6.07, 6.45) is 0.951. The zero-order valence-electron chi connectivity index (χ0n) is 13.3. The van der Waals surface area contributed by atoms with Gasteiger partial charge in [-0.1, -0.05) is 19.4 Å². The summed E-state index contributed by atoms with van der Waals surface area (Å²) in [6, 6.07) is 6.23. The Morgan fingerprint density at radius 1 is 1.23 bits per heavy atom. The number of carboxylic acid groups (broad SMARTS) is 1. The summed E-state index contributed by atoms with van der Waals surface area (Å²) in [4.78, 5) is 37.0. The van der Waals surface area contributed by atoms with Crippen molar-refractivity contribution < 1.29 is 19.5 Å². The maximum absolute atomic E-state index is 12.3. The average Bonchev–Trinajstić information content (AvgIpc) is 2.46. The molecular weight excluding hydrogens is 284 g/mol. The van der Waals surface area contributed by atoms with E-state index in [1.165, 1.54) is 17.9 Å². The third-order valence-corrected chi connectivity index (χ3v) is 3.39. The molecule has 1 aromatic rings. The number of carboxylic acids is 1. The van der Waals surface area contributed by atoms with Crippen molar-refractivity contribution in [1.82, 2.24) is 10.2 Å². The number of carbonyl (C=O) groups is 3. The SMILES string of the molecule is CCCC(C)(NC(=O)c1cccc(C(=O)N(C)C)c1)C(=O)O. The van der Waals surface area contributed by atoms with Crippen molar-refractivity contribution in [2.75, 3.05) is 14.1 Å². The Morgan fingerprint density at radius 2 is 1.82 bits per heavy atom. The van der Waals surface area contributed by atoms with Crippen LogP contribution in [0.1, 0.15) is 47.4 Å².